The summed E-state index contributed by atoms with van der Waals surface area (Å²) >= 11 is 12.1. The molecular weight excluding hydrogens is 375 g/mol. The number of amides is 1. The second-order valence-corrected chi connectivity index (χ2v) is 6.87. The zero-order valence-corrected chi connectivity index (χ0v) is 15.9. The van der Waals surface area contributed by atoms with Crippen LogP contribution in [0.3, 0.4) is 0 Å². The van der Waals surface area contributed by atoms with E-state index in [0.29, 0.717) is 40.4 Å². The summed E-state index contributed by atoms with van der Waals surface area (Å²) in [5.74, 6) is 1.19. The van der Waals surface area contributed by atoms with Crippen LogP contribution in [0, 0.1) is 0 Å². The van der Waals surface area contributed by atoms with Crippen molar-refractivity contribution in [3.63, 3.8) is 0 Å². The second kappa shape index (κ2) is 8.62. The molecule has 1 aliphatic rings. The first-order valence-electron chi connectivity index (χ1n) is 8.41. The van der Waals surface area contributed by atoms with Crippen molar-refractivity contribution in [1.82, 2.24) is 5.32 Å². The molecule has 0 bridgehead atoms. The van der Waals surface area contributed by atoms with Gasteiger partial charge < -0.3 is 20.1 Å². The van der Waals surface area contributed by atoms with Gasteiger partial charge in [-0.15, -0.1) is 0 Å². The van der Waals surface area contributed by atoms with E-state index in [1.54, 1.807) is 30.3 Å². The molecule has 0 saturated carbocycles. The van der Waals surface area contributed by atoms with Gasteiger partial charge in [0, 0.05) is 34.3 Å². The van der Waals surface area contributed by atoms with Gasteiger partial charge in [0.1, 0.15) is 0 Å². The number of ether oxygens (including phenoxy) is 2. The summed E-state index contributed by atoms with van der Waals surface area (Å²) in [5.41, 5.74) is 1.55. The van der Waals surface area contributed by atoms with Gasteiger partial charge in [0.15, 0.2) is 11.5 Å². The zero-order valence-electron chi connectivity index (χ0n) is 14.4. The van der Waals surface area contributed by atoms with Crippen molar-refractivity contribution < 1.29 is 14.3 Å². The Kier molecular flexibility index (Phi) is 6.25. The lowest BCUT2D eigenvalue weighted by Gasteiger charge is -2.16. The van der Waals surface area contributed by atoms with Gasteiger partial charge in [0.25, 0.3) is 0 Å². The molecule has 1 unspecified atom stereocenters. The number of hydrogen-bond acceptors (Lipinski definition) is 4. The first-order chi connectivity index (χ1) is 12.5. The van der Waals surface area contributed by atoms with Crippen LogP contribution in [0.15, 0.2) is 36.4 Å². The quantitative estimate of drug-likeness (QED) is 0.786. The van der Waals surface area contributed by atoms with Crippen LogP contribution in [0.5, 0.6) is 11.5 Å². The van der Waals surface area contributed by atoms with E-state index >= 15 is 0 Å². The standard InChI is InChI=1S/C19H20Cl2N2O3/c1-12(15-5-3-13(20)9-16(15)21)22-11-19(24)23-14-4-6-17-18(10-14)26-8-2-7-25-17/h3-6,9-10,12,22H,2,7-8,11H2,1H3,(H,23,24). The highest BCUT2D eigenvalue weighted by molar-refractivity contribution is 6.35. The molecular formula is C19H20Cl2N2O3. The van der Waals surface area contributed by atoms with Crippen LogP contribution in [0.2, 0.25) is 10.0 Å². The van der Waals surface area contributed by atoms with Crippen molar-refractivity contribution in [2.75, 3.05) is 25.1 Å². The Hall–Kier alpha value is -1.95. The van der Waals surface area contributed by atoms with Crippen molar-refractivity contribution in [2.24, 2.45) is 0 Å². The molecule has 138 valence electrons. The number of hydrogen-bond donors (Lipinski definition) is 2. The second-order valence-electron chi connectivity index (χ2n) is 6.03. The molecule has 0 aliphatic carbocycles. The third-order valence-corrected chi connectivity index (χ3v) is 4.59. The van der Waals surface area contributed by atoms with Gasteiger partial charge in [-0.1, -0.05) is 29.3 Å². The molecule has 1 heterocycles. The minimum Gasteiger partial charge on any atom is -0.490 e. The van der Waals surface area contributed by atoms with E-state index in [9.17, 15) is 4.79 Å². The minimum atomic E-state index is -0.156. The summed E-state index contributed by atoms with van der Waals surface area (Å²) < 4.78 is 11.2. The summed E-state index contributed by atoms with van der Waals surface area (Å²) in [6.45, 7) is 3.32. The van der Waals surface area contributed by atoms with Crippen LogP contribution >= 0.6 is 23.2 Å². The van der Waals surface area contributed by atoms with Gasteiger partial charge in [-0.05, 0) is 36.8 Å². The van der Waals surface area contributed by atoms with Crippen molar-refractivity contribution in [3.8, 4) is 11.5 Å². The molecule has 7 heteroatoms. The molecule has 26 heavy (non-hydrogen) atoms. The molecule has 0 aromatic heterocycles. The lowest BCUT2D eigenvalue weighted by molar-refractivity contribution is -0.115. The first-order valence-corrected chi connectivity index (χ1v) is 9.16. The van der Waals surface area contributed by atoms with E-state index in [-0.39, 0.29) is 18.5 Å². The Morgan fingerprint density at radius 3 is 2.65 bits per heavy atom. The van der Waals surface area contributed by atoms with Crippen LogP contribution < -0.4 is 20.1 Å². The summed E-state index contributed by atoms with van der Waals surface area (Å²) in [7, 11) is 0. The summed E-state index contributed by atoms with van der Waals surface area (Å²) in [6.07, 6.45) is 0.839. The smallest absolute Gasteiger partial charge is 0.238 e. The lowest BCUT2D eigenvalue weighted by Crippen LogP contribution is -2.30. The highest BCUT2D eigenvalue weighted by atomic mass is 35.5. The van der Waals surface area contributed by atoms with Crippen molar-refractivity contribution in [2.45, 2.75) is 19.4 Å². The summed E-state index contributed by atoms with van der Waals surface area (Å²) in [4.78, 5) is 12.2. The number of fused-ring (bicyclic) bond motifs is 1. The molecule has 2 aromatic rings. The van der Waals surface area contributed by atoms with Gasteiger partial charge in [-0.3, -0.25) is 4.79 Å². The average molecular weight is 395 g/mol. The van der Waals surface area contributed by atoms with E-state index in [1.165, 1.54) is 0 Å². The van der Waals surface area contributed by atoms with Crippen LogP contribution in [-0.2, 0) is 4.79 Å². The zero-order chi connectivity index (χ0) is 18.5. The normalized spacial score (nSPS) is 14.4. The number of anilines is 1. The van der Waals surface area contributed by atoms with Crippen molar-refractivity contribution >= 4 is 34.8 Å². The number of carbonyl (C=O) groups is 1. The van der Waals surface area contributed by atoms with E-state index in [4.69, 9.17) is 32.7 Å². The fourth-order valence-electron chi connectivity index (χ4n) is 2.65. The molecule has 0 saturated heterocycles. The van der Waals surface area contributed by atoms with Crippen LogP contribution in [0.1, 0.15) is 24.9 Å². The molecule has 2 N–H and O–H groups in total. The Morgan fingerprint density at radius 2 is 1.88 bits per heavy atom. The molecule has 1 amide bonds. The highest BCUT2D eigenvalue weighted by Crippen LogP contribution is 2.32. The van der Waals surface area contributed by atoms with Crippen LogP contribution in [-0.4, -0.2) is 25.7 Å². The Balaban J connectivity index is 1.56. The molecule has 5 nitrogen and oxygen atoms in total. The highest BCUT2D eigenvalue weighted by Gasteiger charge is 2.14. The number of rotatable bonds is 5. The van der Waals surface area contributed by atoms with E-state index in [0.717, 1.165) is 12.0 Å². The number of carbonyl (C=O) groups excluding carboxylic acids is 1. The predicted octanol–water partition coefficient (Wildman–Crippen LogP) is 4.44. The van der Waals surface area contributed by atoms with E-state index in [2.05, 4.69) is 10.6 Å². The van der Waals surface area contributed by atoms with Gasteiger partial charge in [0.2, 0.25) is 5.91 Å². The van der Waals surface area contributed by atoms with E-state index < -0.39 is 0 Å². The van der Waals surface area contributed by atoms with Crippen LogP contribution in [0.25, 0.3) is 0 Å². The van der Waals surface area contributed by atoms with Crippen LogP contribution in [0.4, 0.5) is 5.69 Å². The molecule has 3 rings (SSSR count). The number of nitrogens with one attached hydrogen (secondary N) is 2. The SMILES string of the molecule is CC(NCC(=O)Nc1ccc2c(c1)OCCCO2)c1ccc(Cl)cc1Cl. The molecule has 0 spiro atoms. The maximum Gasteiger partial charge on any atom is 0.238 e. The van der Waals surface area contributed by atoms with E-state index in [1.807, 2.05) is 13.0 Å². The Morgan fingerprint density at radius 1 is 1.12 bits per heavy atom. The van der Waals surface area contributed by atoms with Gasteiger partial charge >= 0.3 is 0 Å². The molecule has 1 aliphatic heterocycles. The largest absolute Gasteiger partial charge is 0.490 e. The topological polar surface area (TPSA) is 59.6 Å². The maximum absolute atomic E-state index is 12.2. The fraction of sp³-hybridized carbons (Fsp3) is 0.316. The third-order valence-electron chi connectivity index (χ3n) is 4.03. The minimum absolute atomic E-state index is 0.0886. The monoisotopic (exact) mass is 394 g/mol. The fourth-order valence-corrected chi connectivity index (χ4v) is 3.23. The van der Waals surface area contributed by atoms with Gasteiger partial charge in [-0.2, -0.15) is 0 Å². The number of halogens is 2. The van der Waals surface area contributed by atoms with Crippen molar-refractivity contribution in [3.05, 3.63) is 52.0 Å². The van der Waals surface area contributed by atoms with Crippen molar-refractivity contribution in [1.29, 1.82) is 0 Å². The molecule has 2 aromatic carbocycles. The Bertz CT molecular complexity index is 798. The summed E-state index contributed by atoms with van der Waals surface area (Å²) in [6, 6.07) is 10.6. The maximum atomic E-state index is 12.2. The predicted molar refractivity (Wildman–Crippen MR) is 104 cm³/mol. The first kappa shape index (κ1) is 18.8. The Labute approximate surface area is 162 Å². The third kappa shape index (κ3) is 4.81. The number of benzene rings is 2. The van der Waals surface area contributed by atoms with Gasteiger partial charge in [0.05, 0.1) is 19.8 Å². The van der Waals surface area contributed by atoms with Gasteiger partial charge in [-0.25, -0.2) is 0 Å². The lowest BCUT2D eigenvalue weighted by atomic mass is 10.1. The molecule has 1 atom stereocenters. The molecule has 0 radical (unpaired) electrons. The average Bonchev–Trinajstić information content (AvgIpc) is 2.84. The summed E-state index contributed by atoms with van der Waals surface area (Å²) in [5, 5.41) is 7.16. The molecule has 0 fully saturated rings.